The van der Waals surface area contributed by atoms with Gasteiger partial charge in [-0.25, -0.2) is 15.0 Å². The van der Waals surface area contributed by atoms with E-state index in [2.05, 4.69) is 42.9 Å². The van der Waals surface area contributed by atoms with Gasteiger partial charge in [-0.15, -0.1) is 22.7 Å². The lowest BCUT2D eigenvalue weighted by Crippen LogP contribution is -2.35. The third-order valence-electron chi connectivity index (χ3n) is 4.65. The molecule has 0 N–H and O–H groups in total. The first-order valence-electron chi connectivity index (χ1n) is 8.29. The maximum absolute atomic E-state index is 4.67. The van der Waals surface area contributed by atoms with E-state index in [1.807, 2.05) is 17.2 Å². The highest BCUT2D eigenvalue weighted by Crippen LogP contribution is 2.28. The van der Waals surface area contributed by atoms with Crippen LogP contribution < -0.4 is 0 Å². The van der Waals surface area contributed by atoms with Gasteiger partial charge in [-0.2, -0.15) is 0 Å². The molecule has 1 aliphatic rings. The number of likely N-dealkylation sites (tertiary alicyclic amines) is 1. The van der Waals surface area contributed by atoms with E-state index in [0.717, 1.165) is 25.3 Å². The van der Waals surface area contributed by atoms with Crippen molar-refractivity contribution in [3.63, 3.8) is 0 Å². The fraction of sp³-hybridized carbons (Fsp3) is 0.471. The van der Waals surface area contributed by atoms with Crippen LogP contribution >= 0.6 is 22.7 Å². The molecule has 1 saturated heterocycles. The van der Waals surface area contributed by atoms with E-state index in [1.54, 1.807) is 22.7 Å². The Hall–Kier alpha value is -1.57. The van der Waals surface area contributed by atoms with Crippen LogP contribution in [0.15, 0.2) is 28.8 Å². The molecule has 3 aromatic heterocycles. The standard InChI is InChI=1S/C17H21N5S2/c1-13-16(24-12-19-13)9-21-5-2-3-14(7-21)17-18-4-6-22(17)8-15-10-23-11-20-15/h4,6,10-12,14H,2-3,5,7-9H2,1H3/t14-/m0/s1. The second-order valence-corrected chi connectivity index (χ2v) is 7.99. The van der Waals surface area contributed by atoms with E-state index >= 15 is 0 Å². The van der Waals surface area contributed by atoms with Gasteiger partial charge in [0.1, 0.15) is 5.82 Å². The SMILES string of the molecule is Cc1ncsc1CN1CCC[C@H](c2nccn2Cc2cscn2)C1. The molecular weight excluding hydrogens is 338 g/mol. The van der Waals surface area contributed by atoms with Crippen molar-refractivity contribution in [2.75, 3.05) is 13.1 Å². The lowest BCUT2D eigenvalue weighted by molar-refractivity contribution is 0.196. The van der Waals surface area contributed by atoms with Gasteiger partial charge in [0, 0.05) is 41.7 Å². The van der Waals surface area contributed by atoms with Crippen LogP contribution in [0.2, 0.25) is 0 Å². The zero-order valence-electron chi connectivity index (χ0n) is 13.8. The quantitative estimate of drug-likeness (QED) is 0.699. The topological polar surface area (TPSA) is 46.8 Å². The fourth-order valence-corrected chi connectivity index (χ4v) is 4.76. The van der Waals surface area contributed by atoms with Crippen LogP contribution in [0.1, 0.15) is 40.8 Å². The summed E-state index contributed by atoms with van der Waals surface area (Å²) in [4.78, 5) is 17.4. The molecular formula is C17H21N5S2. The molecule has 0 aromatic carbocycles. The first-order valence-corrected chi connectivity index (χ1v) is 10.1. The summed E-state index contributed by atoms with van der Waals surface area (Å²) in [6.07, 6.45) is 6.45. The average Bonchev–Trinajstić information content (AvgIpc) is 3.32. The summed E-state index contributed by atoms with van der Waals surface area (Å²) >= 11 is 3.42. The molecule has 4 rings (SSSR count). The molecule has 0 amide bonds. The van der Waals surface area contributed by atoms with Gasteiger partial charge in [-0.05, 0) is 26.3 Å². The van der Waals surface area contributed by atoms with Crippen LogP contribution in [-0.2, 0) is 13.1 Å². The molecule has 1 fully saturated rings. The van der Waals surface area contributed by atoms with E-state index in [9.17, 15) is 0 Å². The third-order valence-corrected chi connectivity index (χ3v) is 6.20. The third kappa shape index (κ3) is 3.43. The molecule has 0 spiro atoms. The summed E-state index contributed by atoms with van der Waals surface area (Å²) in [6.45, 7) is 6.18. The summed E-state index contributed by atoms with van der Waals surface area (Å²) in [5.41, 5.74) is 6.14. The fourth-order valence-electron chi connectivity index (χ4n) is 3.40. The zero-order chi connectivity index (χ0) is 16.4. The van der Waals surface area contributed by atoms with Crippen molar-refractivity contribution in [1.29, 1.82) is 0 Å². The van der Waals surface area contributed by atoms with Crippen molar-refractivity contribution in [2.45, 2.75) is 38.8 Å². The number of aromatic nitrogens is 4. The number of hydrogen-bond acceptors (Lipinski definition) is 6. The molecule has 7 heteroatoms. The highest BCUT2D eigenvalue weighted by atomic mass is 32.1. The molecule has 24 heavy (non-hydrogen) atoms. The second kappa shape index (κ2) is 7.13. The predicted octanol–water partition coefficient (Wildman–Crippen LogP) is 3.53. The van der Waals surface area contributed by atoms with Gasteiger partial charge < -0.3 is 4.57 Å². The Labute approximate surface area is 150 Å². The van der Waals surface area contributed by atoms with Crippen molar-refractivity contribution in [3.05, 3.63) is 50.9 Å². The molecule has 1 aliphatic heterocycles. The molecule has 5 nitrogen and oxygen atoms in total. The number of piperidine rings is 1. The van der Waals surface area contributed by atoms with Crippen LogP contribution in [0.25, 0.3) is 0 Å². The van der Waals surface area contributed by atoms with Crippen molar-refractivity contribution >= 4 is 22.7 Å². The summed E-state index contributed by atoms with van der Waals surface area (Å²) in [5.74, 6) is 1.70. The van der Waals surface area contributed by atoms with Crippen LogP contribution in [0.5, 0.6) is 0 Å². The normalized spacial score (nSPS) is 19.0. The van der Waals surface area contributed by atoms with Crippen LogP contribution in [0, 0.1) is 6.92 Å². The number of thiazole rings is 2. The minimum atomic E-state index is 0.501. The molecule has 0 unspecified atom stereocenters. The first-order chi connectivity index (χ1) is 11.8. The lowest BCUT2D eigenvalue weighted by atomic mass is 9.97. The Balaban J connectivity index is 1.46. The minimum Gasteiger partial charge on any atom is -0.329 e. The summed E-state index contributed by atoms with van der Waals surface area (Å²) in [5, 5.41) is 2.11. The summed E-state index contributed by atoms with van der Waals surface area (Å²) in [7, 11) is 0. The molecule has 0 radical (unpaired) electrons. The number of hydrogen-bond donors (Lipinski definition) is 0. The monoisotopic (exact) mass is 359 g/mol. The van der Waals surface area contributed by atoms with Gasteiger partial charge in [0.2, 0.25) is 0 Å². The summed E-state index contributed by atoms with van der Waals surface area (Å²) in [6, 6.07) is 0. The minimum absolute atomic E-state index is 0.501. The zero-order valence-corrected chi connectivity index (χ0v) is 15.4. The van der Waals surface area contributed by atoms with Crippen molar-refractivity contribution in [2.24, 2.45) is 0 Å². The van der Waals surface area contributed by atoms with Gasteiger partial charge in [0.05, 0.1) is 29.0 Å². The molecule has 0 aliphatic carbocycles. The highest BCUT2D eigenvalue weighted by Gasteiger charge is 2.25. The van der Waals surface area contributed by atoms with Crippen molar-refractivity contribution < 1.29 is 0 Å². The molecule has 0 saturated carbocycles. The Morgan fingerprint density at radius 1 is 1.21 bits per heavy atom. The first kappa shape index (κ1) is 15.9. The van der Waals surface area contributed by atoms with Gasteiger partial charge in [-0.1, -0.05) is 0 Å². The van der Waals surface area contributed by atoms with Gasteiger partial charge >= 0.3 is 0 Å². The van der Waals surface area contributed by atoms with Crippen molar-refractivity contribution in [3.8, 4) is 0 Å². The summed E-state index contributed by atoms with van der Waals surface area (Å²) < 4.78 is 2.27. The number of nitrogens with zero attached hydrogens (tertiary/aromatic N) is 5. The molecule has 3 aromatic rings. The van der Waals surface area contributed by atoms with E-state index < -0.39 is 0 Å². The molecule has 126 valence electrons. The molecule has 4 heterocycles. The van der Waals surface area contributed by atoms with E-state index in [0.29, 0.717) is 5.92 Å². The second-order valence-electron chi connectivity index (χ2n) is 6.33. The lowest BCUT2D eigenvalue weighted by Gasteiger charge is -2.32. The predicted molar refractivity (Wildman–Crippen MR) is 97.5 cm³/mol. The maximum atomic E-state index is 4.67. The van der Waals surface area contributed by atoms with Crippen LogP contribution in [-0.4, -0.2) is 37.5 Å². The van der Waals surface area contributed by atoms with E-state index in [1.165, 1.54) is 35.8 Å². The number of rotatable bonds is 5. The average molecular weight is 360 g/mol. The molecule has 1 atom stereocenters. The highest BCUT2D eigenvalue weighted by molar-refractivity contribution is 7.09. The largest absolute Gasteiger partial charge is 0.329 e. The maximum Gasteiger partial charge on any atom is 0.113 e. The van der Waals surface area contributed by atoms with Crippen LogP contribution in [0.4, 0.5) is 0 Å². The Bertz CT molecular complexity index is 777. The smallest absolute Gasteiger partial charge is 0.113 e. The van der Waals surface area contributed by atoms with Gasteiger partial charge in [-0.3, -0.25) is 4.90 Å². The number of aryl methyl sites for hydroxylation is 1. The van der Waals surface area contributed by atoms with Gasteiger partial charge in [0.15, 0.2) is 0 Å². The Kier molecular flexibility index (Phi) is 4.73. The molecule has 0 bridgehead atoms. The number of imidazole rings is 1. The van der Waals surface area contributed by atoms with E-state index in [-0.39, 0.29) is 0 Å². The van der Waals surface area contributed by atoms with Gasteiger partial charge in [0.25, 0.3) is 0 Å². The van der Waals surface area contributed by atoms with Crippen molar-refractivity contribution in [1.82, 2.24) is 24.4 Å². The Morgan fingerprint density at radius 3 is 2.96 bits per heavy atom. The Morgan fingerprint density at radius 2 is 2.17 bits per heavy atom. The van der Waals surface area contributed by atoms with Crippen LogP contribution in [0.3, 0.4) is 0 Å². The van der Waals surface area contributed by atoms with E-state index in [4.69, 9.17) is 0 Å².